The summed E-state index contributed by atoms with van der Waals surface area (Å²) in [4.78, 5) is 13.8. The first-order valence-corrected chi connectivity index (χ1v) is 8.99. The van der Waals surface area contributed by atoms with Crippen molar-refractivity contribution in [2.75, 3.05) is 32.9 Å². The molecule has 2 aromatic carbocycles. The summed E-state index contributed by atoms with van der Waals surface area (Å²) in [6.45, 7) is 2.35. The van der Waals surface area contributed by atoms with E-state index in [1.807, 2.05) is 24.3 Å². The average molecular weight is 383 g/mol. The van der Waals surface area contributed by atoms with Gasteiger partial charge >= 0.3 is 0 Å². The Labute approximate surface area is 163 Å². The normalized spacial score (nSPS) is 14.5. The van der Waals surface area contributed by atoms with Gasteiger partial charge in [0, 0.05) is 18.1 Å². The second-order valence-corrected chi connectivity index (χ2v) is 6.47. The maximum Gasteiger partial charge on any atom is 0.260 e. The second-order valence-electron chi connectivity index (χ2n) is 6.03. The lowest BCUT2D eigenvalue weighted by molar-refractivity contribution is -0.137. The van der Waals surface area contributed by atoms with Crippen LogP contribution in [-0.4, -0.2) is 43.7 Å². The molecule has 0 bridgehead atoms. The molecule has 0 saturated carbocycles. The molecule has 2 aromatic rings. The van der Waals surface area contributed by atoms with Gasteiger partial charge in [0.05, 0.1) is 24.9 Å². The number of rotatable bonds is 5. The number of hydrogen-bond acceptors (Lipinski definition) is 4. The first-order chi connectivity index (χ1) is 13.2. The highest BCUT2D eigenvalue weighted by atomic mass is 35.5. The van der Waals surface area contributed by atoms with E-state index in [-0.39, 0.29) is 12.5 Å². The predicted octanol–water partition coefficient (Wildman–Crippen LogP) is 3.64. The quantitative estimate of drug-likeness (QED) is 0.585. The van der Waals surface area contributed by atoms with Crippen molar-refractivity contribution in [3.63, 3.8) is 0 Å². The molecule has 1 saturated heterocycles. The fourth-order valence-electron chi connectivity index (χ4n) is 2.71. The Hall–Kier alpha value is -2.81. The molecule has 3 rings (SSSR count). The monoisotopic (exact) mass is 382 g/mol. The zero-order chi connectivity index (χ0) is 19.1. The Kier molecular flexibility index (Phi) is 6.48. The van der Waals surface area contributed by atoms with Gasteiger partial charge in [-0.25, -0.2) is 0 Å². The van der Waals surface area contributed by atoms with E-state index in [2.05, 4.69) is 6.07 Å². The van der Waals surface area contributed by atoms with E-state index in [0.29, 0.717) is 42.6 Å². The van der Waals surface area contributed by atoms with Crippen molar-refractivity contribution in [1.82, 2.24) is 4.90 Å². The smallest absolute Gasteiger partial charge is 0.260 e. The molecule has 6 heteroatoms. The largest absolute Gasteiger partial charge is 0.484 e. The standard InChI is InChI=1S/C21H19ClN2O3/c22-19-3-1-2-17(13-19)18(14-23)12-16-4-6-20(7-5-16)27-15-21(25)24-8-10-26-11-9-24/h1-7,12-13H,8-11,15H2/b18-12-. The molecular formula is C21H19ClN2O3. The van der Waals surface area contributed by atoms with Crippen molar-refractivity contribution in [3.8, 4) is 11.8 Å². The average Bonchev–Trinajstić information content (AvgIpc) is 2.71. The first-order valence-electron chi connectivity index (χ1n) is 8.62. The van der Waals surface area contributed by atoms with Crippen molar-refractivity contribution in [2.45, 2.75) is 0 Å². The molecular weight excluding hydrogens is 364 g/mol. The number of hydrogen-bond donors (Lipinski definition) is 0. The van der Waals surface area contributed by atoms with Crippen molar-refractivity contribution in [2.24, 2.45) is 0 Å². The van der Waals surface area contributed by atoms with Gasteiger partial charge in [0.25, 0.3) is 5.91 Å². The third kappa shape index (κ3) is 5.33. The number of carbonyl (C=O) groups is 1. The predicted molar refractivity (Wildman–Crippen MR) is 104 cm³/mol. The van der Waals surface area contributed by atoms with Crippen LogP contribution < -0.4 is 4.74 Å². The molecule has 1 aliphatic heterocycles. The van der Waals surface area contributed by atoms with Gasteiger partial charge in [-0.3, -0.25) is 4.79 Å². The summed E-state index contributed by atoms with van der Waals surface area (Å²) in [6, 6.07) is 16.6. The minimum atomic E-state index is -0.0463. The van der Waals surface area contributed by atoms with Gasteiger partial charge in [0.2, 0.25) is 0 Å². The van der Waals surface area contributed by atoms with Crippen LogP contribution in [0, 0.1) is 11.3 Å². The van der Waals surface area contributed by atoms with E-state index in [1.165, 1.54) is 0 Å². The number of benzene rings is 2. The number of ether oxygens (including phenoxy) is 2. The molecule has 1 aliphatic rings. The highest BCUT2D eigenvalue weighted by Crippen LogP contribution is 2.22. The molecule has 0 aliphatic carbocycles. The van der Waals surface area contributed by atoms with Crippen molar-refractivity contribution >= 4 is 29.2 Å². The van der Waals surface area contributed by atoms with Crippen LogP contribution in [0.1, 0.15) is 11.1 Å². The lowest BCUT2D eigenvalue weighted by atomic mass is 10.0. The van der Waals surface area contributed by atoms with E-state index in [0.717, 1.165) is 11.1 Å². The highest BCUT2D eigenvalue weighted by molar-refractivity contribution is 6.30. The van der Waals surface area contributed by atoms with E-state index >= 15 is 0 Å². The van der Waals surface area contributed by atoms with Gasteiger partial charge < -0.3 is 14.4 Å². The molecule has 1 amide bonds. The number of morpholine rings is 1. The lowest BCUT2D eigenvalue weighted by Crippen LogP contribution is -2.42. The summed E-state index contributed by atoms with van der Waals surface area (Å²) in [7, 11) is 0. The molecule has 1 heterocycles. The van der Waals surface area contributed by atoms with Crippen molar-refractivity contribution in [1.29, 1.82) is 5.26 Å². The lowest BCUT2D eigenvalue weighted by Gasteiger charge is -2.26. The molecule has 0 atom stereocenters. The minimum Gasteiger partial charge on any atom is -0.484 e. The fraction of sp³-hybridized carbons (Fsp3) is 0.238. The SMILES string of the molecule is N#C/C(=C/c1ccc(OCC(=O)N2CCOCC2)cc1)c1cccc(Cl)c1. The zero-order valence-electron chi connectivity index (χ0n) is 14.7. The number of allylic oxidation sites excluding steroid dienone is 1. The van der Waals surface area contributed by atoms with Gasteiger partial charge in [-0.15, -0.1) is 0 Å². The summed E-state index contributed by atoms with van der Waals surface area (Å²) in [6.07, 6.45) is 1.79. The molecule has 27 heavy (non-hydrogen) atoms. The van der Waals surface area contributed by atoms with Gasteiger partial charge in [-0.2, -0.15) is 5.26 Å². The number of carbonyl (C=O) groups excluding carboxylic acids is 1. The molecule has 0 radical (unpaired) electrons. The van der Waals surface area contributed by atoms with E-state index in [1.54, 1.807) is 35.2 Å². The van der Waals surface area contributed by atoms with Crippen LogP contribution in [0.25, 0.3) is 11.6 Å². The van der Waals surface area contributed by atoms with Crippen LogP contribution in [0.2, 0.25) is 5.02 Å². The van der Waals surface area contributed by atoms with Crippen LogP contribution >= 0.6 is 11.6 Å². The fourth-order valence-corrected chi connectivity index (χ4v) is 2.90. The van der Waals surface area contributed by atoms with Crippen molar-refractivity contribution in [3.05, 3.63) is 64.7 Å². The molecule has 0 N–H and O–H groups in total. The molecule has 0 aromatic heterocycles. The topological polar surface area (TPSA) is 62.6 Å². The Morgan fingerprint density at radius 2 is 1.96 bits per heavy atom. The highest BCUT2D eigenvalue weighted by Gasteiger charge is 2.17. The van der Waals surface area contributed by atoms with Crippen LogP contribution in [0.15, 0.2) is 48.5 Å². The van der Waals surface area contributed by atoms with Gasteiger partial charge in [-0.05, 0) is 41.5 Å². The van der Waals surface area contributed by atoms with E-state index in [9.17, 15) is 10.1 Å². The summed E-state index contributed by atoms with van der Waals surface area (Å²) in [5.41, 5.74) is 2.15. The molecule has 1 fully saturated rings. The Morgan fingerprint density at radius 1 is 1.22 bits per heavy atom. The van der Waals surface area contributed by atoms with Gasteiger partial charge in [-0.1, -0.05) is 35.9 Å². The molecule has 0 unspecified atom stereocenters. The van der Waals surface area contributed by atoms with Gasteiger partial charge in [0.1, 0.15) is 5.75 Å². The number of amides is 1. The number of nitriles is 1. The zero-order valence-corrected chi connectivity index (χ0v) is 15.5. The summed E-state index contributed by atoms with van der Waals surface area (Å²) in [5.74, 6) is 0.560. The van der Waals surface area contributed by atoms with E-state index in [4.69, 9.17) is 21.1 Å². The molecule has 0 spiro atoms. The third-order valence-electron chi connectivity index (χ3n) is 4.17. The Bertz CT molecular complexity index is 866. The maximum absolute atomic E-state index is 12.1. The first kappa shape index (κ1) is 19.0. The van der Waals surface area contributed by atoms with Crippen LogP contribution in [0.3, 0.4) is 0 Å². The number of nitrogens with zero attached hydrogens (tertiary/aromatic N) is 2. The van der Waals surface area contributed by atoms with Crippen LogP contribution in [0.4, 0.5) is 0 Å². The van der Waals surface area contributed by atoms with E-state index < -0.39 is 0 Å². The Morgan fingerprint density at radius 3 is 2.63 bits per heavy atom. The summed E-state index contributed by atoms with van der Waals surface area (Å²) >= 11 is 5.99. The summed E-state index contributed by atoms with van der Waals surface area (Å²) in [5, 5.41) is 10.0. The maximum atomic E-state index is 12.1. The Balaban J connectivity index is 1.62. The molecule has 138 valence electrons. The van der Waals surface area contributed by atoms with Crippen LogP contribution in [-0.2, 0) is 9.53 Å². The summed E-state index contributed by atoms with van der Waals surface area (Å²) < 4.78 is 10.8. The van der Waals surface area contributed by atoms with Crippen molar-refractivity contribution < 1.29 is 14.3 Å². The molecule has 5 nitrogen and oxygen atoms in total. The van der Waals surface area contributed by atoms with Crippen LogP contribution in [0.5, 0.6) is 5.75 Å². The third-order valence-corrected chi connectivity index (χ3v) is 4.41. The van der Waals surface area contributed by atoms with Gasteiger partial charge in [0.15, 0.2) is 6.61 Å². The number of halogens is 1. The minimum absolute atomic E-state index is 0.00114. The second kappa shape index (κ2) is 9.22.